The van der Waals surface area contributed by atoms with Crippen LogP contribution in [0.25, 0.3) is 0 Å². The lowest BCUT2D eigenvalue weighted by molar-refractivity contribution is 0.0746. The summed E-state index contributed by atoms with van der Waals surface area (Å²) in [5.41, 5.74) is 4.99. The number of methoxy groups -OCH3 is 1. The van der Waals surface area contributed by atoms with Crippen molar-refractivity contribution in [1.29, 1.82) is 0 Å². The number of amides is 1. The van der Waals surface area contributed by atoms with Gasteiger partial charge in [0.2, 0.25) is 0 Å². The summed E-state index contributed by atoms with van der Waals surface area (Å²) < 4.78 is 17.4. The molecule has 1 heterocycles. The minimum Gasteiger partial charge on any atom is -0.495 e. The minimum atomic E-state index is 0.0279. The van der Waals surface area contributed by atoms with Crippen LogP contribution in [0.1, 0.15) is 34.0 Å². The molecule has 3 aromatic rings. The molecule has 0 bridgehead atoms. The fourth-order valence-electron chi connectivity index (χ4n) is 4.31. The first-order chi connectivity index (χ1) is 17.0. The van der Waals surface area contributed by atoms with E-state index < -0.39 is 0 Å². The zero-order valence-corrected chi connectivity index (χ0v) is 21.0. The number of rotatable bonds is 8. The van der Waals surface area contributed by atoms with E-state index in [-0.39, 0.29) is 5.91 Å². The maximum atomic E-state index is 13.3. The van der Waals surface area contributed by atoms with E-state index in [4.69, 9.17) is 14.2 Å². The lowest BCUT2D eigenvalue weighted by Crippen LogP contribution is -2.48. The van der Waals surface area contributed by atoms with Gasteiger partial charge in [0.15, 0.2) is 0 Å². The number of anilines is 1. The van der Waals surface area contributed by atoms with Crippen molar-refractivity contribution < 1.29 is 19.0 Å². The average Bonchev–Trinajstić information content (AvgIpc) is 2.89. The Morgan fingerprint density at radius 1 is 0.857 bits per heavy atom. The fourth-order valence-corrected chi connectivity index (χ4v) is 4.31. The molecule has 0 N–H and O–H groups in total. The van der Waals surface area contributed by atoms with Crippen LogP contribution in [0.4, 0.5) is 5.69 Å². The molecular weight excluding hydrogens is 440 g/mol. The quantitative estimate of drug-likeness (QED) is 0.446. The second-order valence-corrected chi connectivity index (χ2v) is 8.74. The molecule has 0 unspecified atom stereocenters. The summed E-state index contributed by atoms with van der Waals surface area (Å²) in [7, 11) is 1.69. The van der Waals surface area contributed by atoms with Crippen LogP contribution < -0.4 is 19.1 Å². The Bertz CT molecular complexity index is 1170. The molecule has 0 atom stereocenters. The van der Waals surface area contributed by atoms with Crippen LogP contribution >= 0.6 is 0 Å². The first-order valence-electron chi connectivity index (χ1n) is 12.1. The van der Waals surface area contributed by atoms with Crippen LogP contribution in [-0.2, 0) is 6.61 Å². The van der Waals surface area contributed by atoms with Crippen molar-refractivity contribution in [2.75, 3.05) is 44.8 Å². The number of ether oxygens (including phenoxy) is 3. The van der Waals surface area contributed by atoms with Gasteiger partial charge in [0.1, 0.15) is 23.9 Å². The molecule has 1 saturated heterocycles. The number of hydrogen-bond acceptors (Lipinski definition) is 5. The second kappa shape index (κ2) is 11.2. The molecule has 1 amide bonds. The van der Waals surface area contributed by atoms with Gasteiger partial charge in [-0.3, -0.25) is 4.79 Å². The third-order valence-electron chi connectivity index (χ3n) is 6.47. The Kier molecular flexibility index (Phi) is 7.80. The van der Waals surface area contributed by atoms with E-state index in [2.05, 4.69) is 30.9 Å². The van der Waals surface area contributed by atoms with E-state index >= 15 is 0 Å². The van der Waals surface area contributed by atoms with Gasteiger partial charge in [-0.1, -0.05) is 18.2 Å². The predicted molar refractivity (Wildman–Crippen MR) is 139 cm³/mol. The molecule has 1 aliphatic rings. The standard InChI is InChI=1S/C29H34N2O4/c1-5-34-27-13-11-23(19-24(27)20-35-25-12-10-21(2)22(3)18-25)29(32)31-16-14-30(15-17-31)26-8-6-7-9-28(26)33-4/h6-13,18-19H,5,14-17,20H2,1-4H3. The van der Waals surface area contributed by atoms with E-state index in [9.17, 15) is 4.79 Å². The second-order valence-electron chi connectivity index (χ2n) is 8.74. The molecule has 0 radical (unpaired) electrons. The van der Waals surface area contributed by atoms with Gasteiger partial charge in [-0.25, -0.2) is 0 Å². The Hall–Kier alpha value is -3.67. The number of carbonyl (C=O) groups is 1. The van der Waals surface area contributed by atoms with Crippen LogP contribution in [-0.4, -0.2) is 50.7 Å². The lowest BCUT2D eigenvalue weighted by atomic mass is 10.1. The largest absolute Gasteiger partial charge is 0.495 e. The van der Waals surface area contributed by atoms with E-state index in [1.54, 1.807) is 7.11 Å². The van der Waals surface area contributed by atoms with Gasteiger partial charge >= 0.3 is 0 Å². The van der Waals surface area contributed by atoms with Gasteiger partial charge in [-0.05, 0) is 74.4 Å². The molecule has 0 saturated carbocycles. The molecule has 1 aliphatic heterocycles. The number of piperazine rings is 1. The monoisotopic (exact) mass is 474 g/mol. The van der Waals surface area contributed by atoms with E-state index in [0.29, 0.717) is 31.9 Å². The highest BCUT2D eigenvalue weighted by molar-refractivity contribution is 5.94. The number of aryl methyl sites for hydroxylation is 2. The average molecular weight is 475 g/mol. The molecular formula is C29H34N2O4. The first kappa shape index (κ1) is 24.5. The number of para-hydroxylation sites is 2. The van der Waals surface area contributed by atoms with Gasteiger partial charge in [-0.2, -0.15) is 0 Å². The zero-order valence-electron chi connectivity index (χ0n) is 21.0. The van der Waals surface area contributed by atoms with E-state index in [1.807, 2.05) is 60.4 Å². The topological polar surface area (TPSA) is 51.2 Å². The summed E-state index contributed by atoms with van der Waals surface area (Å²) in [6, 6.07) is 19.7. The molecule has 0 spiro atoms. The fraction of sp³-hybridized carbons (Fsp3) is 0.345. The summed E-state index contributed by atoms with van der Waals surface area (Å²) in [5.74, 6) is 2.43. The summed E-state index contributed by atoms with van der Waals surface area (Å²) in [6.07, 6.45) is 0. The van der Waals surface area contributed by atoms with Crippen molar-refractivity contribution in [3.05, 3.63) is 82.9 Å². The highest BCUT2D eigenvalue weighted by Crippen LogP contribution is 2.29. The highest BCUT2D eigenvalue weighted by Gasteiger charge is 2.24. The van der Waals surface area contributed by atoms with Gasteiger partial charge in [0.25, 0.3) is 5.91 Å². The van der Waals surface area contributed by atoms with Crippen molar-refractivity contribution in [2.24, 2.45) is 0 Å². The van der Waals surface area contributed by atoms with Gasteiger partial charge in [-0.15, -0.1) is 0 Å². The van der Waals surface area contributed by atoms with Crippen molar-refractivity contribution in [3.8, 4) is 17.2 Å². The molecule has 35 heavy (non-hydrogen) atoms. The smallest absolute Gasteiger partial charge is 0.253 e. The van der Waals surface area contributed by atoms with Crippen molar-refractivity contribution >= 4 is 11.6 Å². The number of nitrogens with zero attached hydrogens (tertiary/aromatic N) is 2. The Labute approximate surface area is 208 Å². The van der Waals surface area contributed by atoms with E-state index in [1.165, 1.54) is 11.1 Å². The number of hydrogen-bond donors (Lipinski definition) is 0. The maximum absolute atomic E-state index is 13.3. The van der Waals surface area contributed by atoms with Crippen LogP contribution in [0.15, 0.2) is 60.7 Å². The summed E-state index contributed by atoms with van der Waals surface area (Å²) in [5, 5.41) is 0. The molecule has 0 aliphatic carbocycles. The van der Waals surface area contributed by atoms with Crippen LogP contribution in [0.5, 0.6) is 17.2 Å². The minimum absolute atomic E-state index is 0.0279. The summed E-state index contributed by atoms with van der Waals surface area (Å²) >= 11 is 0. The lowest BCUT2D eigenvalue weighted by Gasteiger charge is -2.36. The van der Waals surface area contributed by atoms with Gasteiger partial charge < -0.3 is 24.0 Å². The summed E-state index contributed by atoms with van der Waals surface area (Å²) in [6.45, 7) is 9.80. The van der Waals surface area contributed by atoms with Gasteiger partial charge in [0, 0.05) is 37.3 Å². The van der Waals surface area contributed by atoms with Crippen molar-refractivity contribution in [1.82, 2.24) is 4.90 Å². The van der Waals surface area contributed by atoms with Crippen LogP contribution in [0.2, 0.25) is 0 Å². The third kappa shape index (κ3) is 5.70. The molecule has 0 aromatic heterocycles. The van der Waals surface area contributed by atoms with Crippen molar-refractivity contribution in [3.63, 3.8) is 0 Å². The molecule has 6 nitrogen and oxygen atoms in total. The van der Waals surface area contributed by atoms with E-state index in [0.717, 1.165) is 41.6 Å². The molecule has 6 heteroatoms. The molecule has 3 aromatic carbocycles. The maximum Gasteiger partial charge on any atom is 0.253 e. The molecule has 4 rings (SSSR count). The van der Waals surface area contributed by atoms with Crippen LogP contribution in [0.3, 0.4) is 0 Å². The van der Waals surface area contributed by atoms with Gasteiger partial charge in [0.05, 0.1) is 19.4 Å². The highest BCUT2D eigenvalue weighted by atomic mass is 16.5. The number of carbonyl (C=O) groups excluding carboxylic acids is 1. The summed E-state index contributed by atoms with van der Waals surface area (Å²) in [4.78, 5) is 17.5. The first-order valence-corrected chi connectivity index (χ1v) is 12.1. The SMILES string of the molecule is CCOc1ccc(C(=O)N2CCN(c3ccccc3OC)CC2)cc1COc1ccc(C)c(C)c1. The Morgan fingerprint density at radius 2 is 1.63 bits per heavy atom. The number of benzene rings is 3. The zero-order chi connectivity index (χ0) is 24.8. The molecule has 184 valence electrons. The Balaban J connectivity index is 1.45. The normalized spacial score (nSPS) is 13.5. The van der Waals surface area contributed by atoms with Crippen LogP contribution in [0, 0.1) is 13.8 Å². The Morgan fingerprint density at radius 3 is 2.34 bits per heavy atom. The third-order valence-corrected chi connectivity index (χ3v) is 6.47. The predicted octanol–water partition coefficient (Wildman–Crippen LogP) is 5.25. The van der Waals surface area contributed by atoms with Crippen molar-refractivity contribution in [2.45, 2.75) is 27.4 Å². The molecule has 1 fully saturated rings.